The van der Waals surface area contributed by atoms with Crippen LogP contribution in [0, 0.1) is 11.8 Å². The van der Waals surface area contributed by atoms with Crippen LogP contribution in [0.3, 0.4) is 0 Å². The SMILES string of the molecule is CCCNC(=O)[C@@H]1[C@H]2C(=O)N(CCCCCCO)C(C(=O)NCc3ccccc3)C23CC[C@@]1(C)O3. The van der Waals surface area contributed by atoms with Crippen molar-refractivity contribution in [3.8, 4) is 0 Å². The smallest absolute Gasteiger partial charge is 0.246 e. The lowest BCUT2D eigenvalue weighted by atomic mass is 9.66. The van der Waals surface area contributed by atoms with E-state index in [-0.39, 0.29) is 24.3 Å². The summed E-state index contributed by atoms with van der Waals surface area (Å²) in [6.07, 6.45) is 5.23. The van der Waals surface area contributed by atoms with Crippen molar-refractivity contribution in [2.75, 3.05) is 19.7 Å². The van der Waals surface area contributed by atoms with Crippen LogP contribution >= 0.6 is 0 Å². The van der Waals surface area contributed by atoms with Crippen LogP contribution in [0.4, 0.5) is 0 Å². The van der Waals surface area contributed by atoms with Crippen molar-refractivity contribution >= 4 is 17.7 Å². The molecule has 3 heterocycles. The number of aliphatic hydroxyl groups is 1. The lowest BCUT2D eigenvalue weighted by Gasteiger charge is -2.33. The summed E-state index contributed by atoms with van der Waals surface area (Å²) in [6.45, 7) is 5.42. The van der Waals surface area contributed by atoms with Gasteiger partial charge in [0.05, 0.1) is 17.4 Å². The number of ether oxygens (including phenoxy) is 1. The third-order valence-electron chi connectivity index (χ3n) is 7.97. The zero-order chi connectivity index (χ0) is 25.1. The average Bonchev–Trinajstić information content (AvgIpc) is 3.42. The molecule has 0 aliphatic carbocycles. The number of hydrogen-bond acceptors (Lipinski definition) is 5. The zero-order valence-corrected chi connectivity index (χ0v) is 20.9. The Balaban J connectivity index is 1.59. The number of nitrogens with one attached hydrogen (secondary N) is 2. The van der Waals surface area contributed by atoms with E-state index in [9.17, 15) is 14.4 Å². The van der Waals surface area contributed by atoms with E-state index in [1.807, 2.05) is 44.2 Å². The Hall–Kier alpha value is -2.45. The summed E-state index contributed by atoms with van der Waals surface area (Å²) in [5, 5.41) is 15.1. The van der Waals surface area contributed by atoms with Crippen LogP contribution in [0.15, 0.2) is 30.3 Å². The Morgan fingerprint density at radius 1 is 1.09 bits per heavy atom. The zero-order valence-electron chi connectivity index (χ0n) is 20.9. The monoisotopic (exact) mass is 485 g/mol. The molecule has 5 atom stereocenters. The van der Waals surface area contributed by atoms with Gasteiger partial charge >= 0.3 is 0 Å². The van der Waals surface area contributed by atoms with Crippen LogP contribution in [0.2, 0.25) is 0 Å². The van der Waals surface area contributed by atoms with Crippen molar-refractivity contribution in [2.45, 2.75) is 82.6 Å². The number of likely N-dealkylation sites (tertiary alicyclic amines) is 1. The molecule has 2 bridgehead atoms. The number of nitrogens with zero attached hydrogens (tertiary/aromatic N) is 1. The van der Waals surface area contributed by atoms with E-state index < -0.39 is 29.1 Å². The molecule has 3 saturated heterocycles. The van der Waals surface area contributed by atoms with E-state index in [4.69, 9.17) is 9.84 Å². The number of fused-ring (bicyclic) bond motifs is 1. The second-order valence-electron chi connectivity index (χ2n) is 10.4. The Morgan fingerprint density at radius 3 is 2.54 bits per heavy atom. The van der Waals surface area contributed by atoms with Crippen LogP contribution in [-0.4, -0.2) is 64.7 Å². The molecule has 1 aromatic rings. The highest BCUT2D eigenvalue weighted by Crippen LogP contribution is 2.63. The summed E-state index contributed by atoms with van der Waals surface area (Å²) in [4.78, 5) is 42.4. The molecule has 1 aromatic carbocycles. The van der Waals surface area contributed by atoms with Gasteiger partial charge in [0.25, 0.3) is 0 Å². The minimum Gasteiger partial charge on any atom is -0.396 e. The van der Waals surface area contributed by atoms with Gasteiger partial charge in [-0.25, -0.2) is 0 Å². The van der Waals surface area contributed by atoms with Gasteiger partial charge in [-0.3, -0.25) is 14.4 Å². The molecule has 35 heavy (non-hydrogen) atoms. The van der Waals surface area contributed by atoms with Crippen LogP contribution in [0.1, 0.15) is 64.4 Å². The second-order valence-corrected chi connectivity index (χ2v) is 10.4. The quantitative estimate of drug-likeness (QED) is 0.393. The summed E-state index contributed by atoms with van der Waals surface area (Å²) in [7, 11) is 0. The summed E-state index contributed by atoms with van der Waals surface area (Å²) in [5.41, 5.74) is -0.745. The molecule has 0 saturated carbocycles. The van der Waals surface area contributed by atoms with Gasteiger partial charge in [0.15, 0.2) is 0 Å². The van der Waals surface area contributed by atoms with E-state index in [1.165, 1.54) is 0 Å². The Kier molecular flexibility index (Phi) is 7.81. The van der Waals surface area contributed by atoms with E-state index in [0.29, 0.717) is 32.5 Å². The molecule has 192 valence electrons. The fourth-order valence-electron chi connectivity index (χ4n) is 6.36. The fraction of sp³-hybridized carbons (Fsp3) is 0.667. The largest absolute Gasteiger partial charge is 0.396 e. The number of carbonyl (C=O) groups excluding carboxylic acids is 3. The first kappa shape index (κ1) is 25.6. The van der Waals surface area contributed by atoms with Crippen LogP contribution in [-0.2, 0) is 25.7 Å². The van der Waals surface area contributed by atoms with Crippen molar-refractivity contribution in [1.29, 1.82) is 0 Å². The maximum Gasteiger partial charge on any atom is 0.246 e. The lowest BCUT2D eigenvalue weighted by molar-refractivity contribution is -0.146. The number of benzene rings is 1. The molecule has 2 unspecified atom stereocenters. The molecule has 3 aliphatic rings. The van der Waals surface area contributed by atoms with Crippen molar-refractivity contribution < 1.29 is 24.2 Å². The number of carbonyl (C=O) groups is 3. The molecule has 3 fully saturated rings. The third-order valence-corrected chi connectivity index (χ3v) is 7.97. The molecule has 0 aromatic heterocycles. The summed E-state index contributed by atoms with van der Waals surface area (Å²) >= 11 is 0. The summed E-state index contributed by atoms with van der Waals surface area (Å²) < 4.78 is 6.60. The average molecular weight is 486 g/mol. The highest BCUT2D eigenvalue weighted by molar-refractivity contribution is 5.99. The molecule has 1 spiro atoms. The minimum absolute atomic E-state index is 0.146. The van der Waals surface area contributed by atoms with Gasteiger partial charge in [0, 0.05) is 26.2 Å². The molecular weight excluding hydrogens is 446 g/mol. The number of hydrogen-bond donors (Lipinski definition) is 3. The van der Waals surface area contributed by atoms with Crippen molar-refractivity contribution in [3.05, 3.63) is 35.9 Å². The van der Waals surface area contributed by atoms with Gasteiger partial charge in [-0.15, -0.1) is 0 Å². The van der Waals surface area contributed by atoms with Crippen LogP contribution in [0.5, 0.6) is 0 Å². The van der Waals surface area contributed by atoms with E-state index in [0.717, 1.165) is 37.7 Å². The molecule has 3 aliphatic heterocycles. The lowest BCUT2D eigenvalue weighted by Crippen LogP contribution is -2.55. The predicted octanol–water partition coefficient (Wildman–Crippen LogP) is 2.15. The second kappa shape index (κ2) is 10.7. The van der Waals surface area contributed by atoms with E-state index >= 15 is 0 Å². The molecule has 3 N–H and O–H groups in total. The van der Waals surface area contributed by atoms with Gasteiger partial charge in [-0.2, -0.15) is 0 Å². The molecule has 3 amide bonds. The number of amides is 3. The standard InChI is InChI=1S/C27H39N3O5/c1-3-15-28-23(32)20-21-25(34)30(16-9-4-5-10-17-31)22(27(21)14-13-26(20,2)35-27)24(33)29-18-19-11-7-6-8-12-19/h6-8,11-12,20-22,31H,3-5,9-10,13-18H2,1-2H3,(H,28,32)(H,29,33)/t20-,21-,22?,26+,27?/m0/s1. The maximum absolute atomic E-state index is 13.9. The molecule has 8 heteroatoms. The van der Waals surface area contributed by atoms with Gasteiger partial charge in [-0.1, -0.05) is 50.1 Å². The Bertz CT molecular complexity index is 925. The molecule has 8 nitrogen and oxygen atoms in total. The van der Waals surface area contributed by atoms with Crippen molar-refractivity contribution in [3.63, 3.8) is 0 Å². The number of rotatable bonds is 12. The Labute approximate surface area is 207 Å². The first-order valence-corrected chi connectivity index (χ1v) is 13.1. The van der Waals surface area contributed by atoms with Crippen LogP contribution in [0.25, 0.3) is 0 Å². The van der Waals surface area contributed by atoms with E-state index in [2.05, 4.69) is 10.6 Å². The molecule has 4 rings (SSSR count). The summed E-state index contributed by atoms with van der Waals surface area (Å²) in [6, 6.07) is 8.93. The van der Waals surface area contributed by atoms with Gasteiger partial charge < -0.3 is 25.4 Å². The van der Waals surface area contributed by atoms with E-state index in [1.54, 1.807) is 4.90 Å². The maximum atomic E-state index is 13.9. The molecule has 0 radical (unpaired) electrons. The fourth-order valence-corrected chi connectivity index (χ4v) is 6.36. The highest BCUT2D eigenvalue weighted by Gasteiger charge is 2.77. The van der Waals surface area contributed by atoms with Crippen molar-refractivity contribution in [2.24, 2.45) is 11.8 Å². The number of unbranched alkanes of at least 4 members (excludes halogenated alkanes) is 3. The first-order valence-electron chi connectivity index (χ1n) is 13.1. The topological polar surface area (TPSA) is 108 Å². The van der Waals surface area contributed by atoms with Crippen molar-refractivity contribution in [1.82, 2.24) is 15.5 Å². The number of aliphatic hydroxyl groups excluding tert-OH is 1. The Morgan fingerprint density at radius 2 is 1.83 bits per heavy atom. The minimum atomic E-state index is -0.980. The third kappa shape index (κ3) is 4.70. The van der Waals surface area contributed by atoms with Gasteiger partial charge in [0.2, 0.25) is 17.7 Å². The molecular formula is C27H39N3O5. The normalized spacial score (nSPS) is 31.0. The highest BCUT2D eigenvalue weighted by atomic mass is 16.5. The predicted molar refractivity (Wildman–Crippen MR) is 131 cm³/mol. The van der Waals surface area contributed by atoms with Gasteiger partial charge in [0.1, 0.15) is 11.6 Å². The van der Waals surface area contributed by atoms with Crippen LogP contribution < -0.4 is 10.6 Å². The summed E-state index contributed by atoms with van der Waals surface area (Å²) in [5.74, 6) is -1.77. The van der Waals surface area contributed by atoms with Gasteiger partial charge in [-0.05, 0) is 44.6 Å². The first-order chi connectivity index (χ1) is 16.9.